The summed E-state index contributed by atoms with van der Waals surface area (Å²) < 4.78 is 13.3. The molecule has 20 heavy (non-hydrogen) atoms. The summed E-state index contributed by atoms with van der Waals surface area (Å²) >= 11 is 5.47. The summed E-state index contributed by atoms with van der Waals surface area (Å²) in [6, 6.07) is 6.06. The van der Waals surface area contributed by atoms with E-state index in [1.54, 1.807) is 0 Å². The van der Waals surface area contributed by atoms with E-state index in [0.29, 0.717) is 6.54 Å². The molecule has 2 unspecified atom stereocenters. The lowest BCUT2D eigenvalue weighted by atomic mass is 9.91. The highest BCUT2D eigenvalue weighted by Crippen LogP contribution is 2.39. The Bertz CT molecular complexity index is 477. The predicted octanol–water partition coefficient (Wildman–Crippen LogP) is 3.34. The van der Waals surface area contributed by atoms with Crippen molar-refractivity contribution in [1.82, 2.24) is 0 Å². The van der Waals surface area contributed by atoms with E-state index in [1.165, 1.54) is 5.75 Å². The van der Waals surface area contributed by atoms with Crippen LogP contribution in [0.4, 0.5) is 0 Å². The lowest BCUT2D eigenvalue weighted by Gasteiger charge is -2.37. The molecule has 1 aromatic carbocycles. The topological polar surface area (TPSA) is 44.5 Å². The van der Waals surface area contributed by atoms with Crippen LogP contribution in [0.1, 0.15) is 24.8 Å². The summed E-state index contributed by atoms with van der Waals surface area (Å²) in [4.78, 5) is 0. The van der Waals surface area contributed by atoms with Crippen molar-refractivity contribution >= 4 is 27.7 Å². The van der Waals surface area contributed by atoms with Gasteiger partial charge in [-0.3, -0.25) is 0 Å². The molecule has 2 aliphatic rings. The van der Waals surface area contributed by atoms with Gasteiger partial charge < -0.3 is 15.2 Å². The summed E-state index contributed by atoms with van der Waals surface area (Å²) in [7, 11) is 0. The van der Waals surface area contributed by atoms with Crippen LogP contribution in [0.25, 0.3) is 0 Å². The maximum absolute atomic E-state index is 6.23. The summed E-state index contributed by atoms with van der Waals surface area (Å²) in [6.07, 6.45) is 3.36. The lowest BCUT2D eigenvalue weighted by Crippen LogP contribution is -2.43. The molecule has 0 radical (unpaired) electrons. The summed E-state index contributed by atoms with van der Waals surface area (Å²) in [5.41, 5.74) is 6.93. The van der Waals surface area contributed by atoms with E-state index in [9.17, 15) is 0 Å². The highest BCUT2D eigenvalue weighted by molar-refractivity contribution is 9.10. The highest BCUT2D eigenvalue weighted by Gasteiger charge is 2.41. The molecule has 3 nitrogen and oxygen atoms in total. The van der Waals surface area contributed by atoms with Crippen LogP contribution >= 0.6 is 27.7 Å². The molecule has 3 rings (SSSR count). The molecule has 5 heteroatoms. The highest BCUT2D eigenvalue weighted by atomic mass is 79.9. The van der Waals surface area contributed by atoms with Crippen LogP contribution in [0.15, 0.2) is 22.7 Å². The Morgan fingerprint density at radius 1 is 1.50 bits per heavy atom. The molecule has 1 aromatic rings. The van der Waals surface area contributed by atoms with E-state index in [1.807, 2.05) is 30.0 Å². The molecule has 2 saturated heterocycles. The Labute approximate surface area is 132 Å². The van der Waals surface area contributed by atoms with Crippen molar-refractivity contribution in [3.63, 3.8) is 0 Å². The molecule has 2 N–H and O–H groups in total. The van der Waals surface area contributed by atoms with Gasteiger partial charge in [0, 0.05) is 35.2 Å². The molecule has 2 fully saturated rings. The zero-order valence-electron chi connectivity index (χ0n) is 11.4. The van der Waals surface area contributed by atoms with Gasteiger partial charge in [-0.1, -0.05) is 15.9 Å². The lowest BCUT2D eigenvalue weighted by molar-refractivity contribution is -0.0960. The Morgan fingerprint density at radius 3 is 3.15 bits per heavy atom. The van der Waals surface area contributed by atoms with Crippen molar-refractivity contribution < 1.29 is 9.47 Å². The number of nitrogens with two attached hydrogens (primary N) is 1. The Balaban J connectivity index is 1.71. The Hall–Kier alpha value is -0.230. The number of benzene rings is 1. The quantitative estimate of drug-likeness (QED) is 0.900. The van der Waals surface area contributed by atoms with E-state index in [0.717, 1.165) is 47.4 Å². The van der Waals surface area contributed by atoms with Crippen molar-refractivity contribution in [3.8, 4) is 5.75 Å². The molecule has 0 saturated carbocycles. The molecule has 110 valence electrons. The van der Waals surface area contributed by atoms with Crippen LogP contribution in [-0.4, -0.2) is 29.8 Å². The second kappa shape index (κ2) is 6.26. The Kier molecular flexibility index (Phi) is 4.60. The van der Waals surface area contributed by atoms with E-state index in [2.05, 4.69) is 15.9 Å². The van der Waals surface area contributed by atoms with Crippen molar-refractivity contribution in [2.45, 2.75) is 37.5 Å². The summed E-state index contributed by atoms with van der Waals surface area (Å²) in [5.74, 6) is 3.24. The first-order chi connectivity index (χ1) is 9.71. The zero-order valence-corrected chi connectivity index (χ0v) is 13.8. The SMILES string of the molecule is NCc1cc(Br)ccc1OC1CCOC2(CCSC2)C1. The molecule has 0 aromatic heterocycles. The monoisotopic (exact) mass is 357 g/mol. The van der Waals surface area contributed by atoms with Gasteiger partial charge in [-0.15, -0.1) is 0 Å². The number of rotatable bonds is 3. The molecule has 0 bridgehead atoms. The molecular formula is C15H20BrNO2S. The van der Waals surface area contributed by atoms with Gasteiger partial charge in [0.2, 0.25) is 0 Å². The van der Waals surface area contributed by atoms with Gasteiger partial charge in [-0.05, 0) is 30.4 Å². The molecule has 1 spiro atoms. The fraction of sp³-hybridized carbons (Fsp3) is 0.600. The van der Waals surface area contributed by atoms with Crippen LogP contribution in [0, 0.1) is 0 Å². The van der Waals surface area contributed by atoms with E-state index < -0.39 is 0 Å². The number of hydrogen-bond acceptors (Lipinski definition) is 4. The van der Waals surface area contributed by atoms with E-state index in [-0.39, 0.29) is 11.7 Å². The van der Waals surface area contributed by atoms with E-state index >= 15 is 0 Å². The van der Waals surface area contributed by atoms with Gasteiger partial charge in [0.05, 0.1) is 12.2 Å². The third kappa shape index (κ3) is 3.16. The molecule has 2 aliphatic heterocycles. The maximum Gasteiger partial charge on any atom is 0.124 e. The van der Waals surface area contributed by atoms with Crippen LogP contribution in [-0.2, 0) is 11.3 Å². The van der Waals surface area contributed by atoms with Crippen molar-refractivity contribution in [2.75, 3.05) is 18.1 Å². The minimum absolute atomic E-state index is 0.0613. The number of hydrogen-bond donors (Lipinski definition) is 1. The average molecular weight is 358 g/mol. The van der Waals surface area contributed by atoms with Gasteiger partial charge in [-0.25, -0.2) is 0 Å². The molecular weight excluding hydrogens is 338 g/mol. The fourth-order valence-corrected chi connectivity index (χ4v) is 4.74. The fourth-order valence-electron chi connectivity index (χ4n) is 2.95. The average Bonchev–Trinajstić information content (AvgIpc) is 2.89. The maximum atomic E-state index is 6.23. The third-order valence-electron chi connectivity index (χ3n) is 4.05. The zero-order chi connectivity index (χ0) is 14.0. The predicted molar refractivity (Wildman–Crippen MR) is 86.3 cm³/mol. The molecule has 2 heterocycles. The summed E-state index contributed by atoms with van der Waals surface area (Å²) in [5, 5.41) is 0. The minimum Gasteiger partial charge on any atom is -0.490 e. The van der Waals surface area contributed by atoms with Crippen molar-refractivity contribution in [2.24, 2.45) is 5.73 Å². The van der Waals surface area contributed by atoms with Gasteiger partial charge in [-0.2, -0.15) is 11.8 Å². The normalized spacial score (nSPS) is 29.8. The van der Waals surface area contributed by atoms with Gasteiger partial charge in [0.1, 0.15) is 11.9 Å². The first-order valence-corrected chi connectivity index (χ1v) is 9.02. The van der Waals surface area contributed by atoms with Gasteiger partial charge in [0.25, 0.3) is 0 Å². The standard InChI is InChI=1S/C15H20BrNO2S/c16-12-1-2-14(11(7-12)9-17)19-13-3-5-18-15(8-13)4-6-20-10-15/h1-2,7,13H,3-6,8-10,17H2. The van der Waals surface area contributed by atoms with Crippen LogP contribution < -0.4 is 10.5 Å². The third-order valence-corrected chi connectivity index (χ3v) is 5.77. The Morgan fingerprint density at radius 2 is 2.40 bits per heavy atom. The molecule has 0 aliphatic carbocycles. The largest absolute Gasteiger partial charge is 0.490 e. The smallest absolute Gasteiger partial charge is 0.124 e. The van der Waals surface area contributed by atoms with E-state index in [4.69, 9.17) is 15.2 Å². The molecule has 0 amide bonds. The number of thioether (sulfide) groups is 1. The number of halogens is 1. The van der Waals surface area contributed by atoms with Crippen LogP contribution in [0.3, 0.4) is 0 Å². The molecule has 2 atom stereocenters. The van der Waals surface area contributed by atoms with Crippen molar-refractivity contribution in [3.05, 3.63) is 28.2 Å². The first kappa shape index (κ1) is 14.7. The summed E-state index contributed by atoms with van der Waals surface area (Å²) in [6.45, 7) is 1.30. The van der Waals surface area contributed by atoms with Crippen LogP contribution in [0.2, 0.25) is 0 Å². The van der Waals surface area contributed by atoms with Crippen molar-refractivity contribution in [1.29, 1.82) is 0 Å². The van der Waals surface area contributed by atoms with Gasteiger partial charge in [0.15, 0.2) is 0 Å². The van der Waals surface area contributed by atoms with Crippen LogP contribution in [0.5, 0.6) is 5.75 Å². The van der Waals surface area contributed by atoms with Gasteiger partial charge >= 0.3 is 0 Å². The first-order valence-electron chi connectivity index (χ1n) is 7.08. The number of ether oxygens (including phenoxy) is 2. The second-order valence-electron chi connectivity index (χ2n) is 5.52. The second-order valence-corrected chi connectivity index (χ2v) is 7.54. The minimum atomic E-state index is 0.0613.